The standard InChI is InChI=1S/C27H35Cl4N5O3/c1-34(2)11-3-10-33-16-26(38)36(13-9-20-5-7-22(29)15-24(20)31)18-27(39)35(17-25(32)37)12-8-19-4-6-21(28)14-23(19)30/h4-7,14-15,33H,3,8-13,16-18H2,1-2H3,(H2,32,37). The van der Waals surface area contributed by atoms with E-state index in [0.717, 1.165) is 24.1 Å². The summed E-state index contributed by atoms with van der Waals surface area (Å²) in [6, 6.07) is 10.2. The Morgan fingerprint density at radius 2 is 1.28 bits per heavy atom. The van der Waals surface area contributed by atoms with Crippen molar-refractivity contribution in [2.24, 2.45) is 5.73 Å². The molecule has 2 aromatic rings. The lowest BCUT2D eigenvalue weighted by Gasteiger charge is -2.27. The van der Waals surface area contributed by atoms with Crippen LogP contribution in [-0.2, 0) is 27.2 Å². The summed E-state index contributed by atoms with van der Waals surface area (Å²) in [6.45, 7) is 1.56. The van der Waals surface area contributed by atoms with Crippen molar-refractivity contribution in [1.82, 2.24) is 20.0 Å². The number of amides is 3. The Balaban J connectivity index is 2.11. The molecule has 0 saturated carbocycles. The maximum atomic E-state index is 13.3. The number of nitrogens with one attached hydrogen (secondary N) is 1. The van der Waals surface area contributed by atoms with Gasteiger partial charge in [-0.2, -0.15) is 0 Å². The maximum Gasteiger partial charge on any atom is 0.242 e. The second-order valence-electron chi connectivity index (χ2n) is 9.40. The van der Waals surface area contributed by atoms with Gasteiger partial charge in [0.25, 0.3) is 0 Å². The van der Waals surface area contributed by atoms with E-state index in [2.05, 4.69) is 10.2 Å². The zero-order valence-electron chi connectivity index (χ0n) is 22.2. The summed E-state index contributed by atoms with van der Waals surface area (Å²) in [7, 11) is 3.97. The topological polar surface area (TPSA) is 99.0 Å². The zero-order valence-corrected chi connectivity index (χ0v) is 25.2. The average molecular weight is 619 g/mol. The van der Waals surface area contributed by atoms with E-state index in [9.17, 15) is 14.4 Å². The first-order valence-corrected chi connectivity index (χ1v) is 14.0. The molecule has 2 aromatic carbocycles. The predicted octanol–water partition coefficient (Wildman–Crippen LogP) is 3.77. The highest BCUT2D eigenvalue weighted by Gasteiger charge is 2.23. The van der Waals surface area contributed by atoms with Crippen LogP contribution in [0.3, 0.4) is 0 Å². The van der Waals surface area contributed by atoms with Crippen LogP contribution in [0.5, 0.6) is 0 Å². The van der Waals surface area contributed by atoms with Crippen molar-refractivity contribution in [3.05, 3.63) is 67.6 Å². The van der Waals surface area contributed by atoms with Crippen LogP contribution in [0, 0.1) is 0 Å². The van der Waals surface area contributed by atoms with Gasteiger partial charge in [-0.15, -0.1) is 0 Å². The molecular formula is C27H35Cl4N5O3. The quantitative estimate of drug-likeness (QED) is 0.279. The van der Waals surface area contributed by atoms with Gasteiger partial charge in [0.15, 0.2) is 0 Å². The fraction of sp³-hybridized carbons (Fsp3) is 0.444. The number of hydrogen-bond acceptors (Lipinski definition) is 5. The van der Waals surface area contributed by atoms with E-state index >= 15 is 0 Å². The second kappa shape index (κ2) is 16.9. The smallest absolute Gasteiger partial charge is 0.242 e. The highest BCUT2D eigenvalue weighted by Crippen LogP contribution is 2.23. The fourth-order valence-electron chi connectivity index (χ4n) is 3.82. The lowest BCUT2D eigenvalue weighted by atomic mass is 10.1. The molecule has 3 N–H and O–H groups in total. The highest BCUT2D eigenvalue weighted by atomic mass is 35.5. The van der Waals surface area contributed by atoms with E-state index in [-0.39, 0.29) is 38.6 Å². The van der Waals surface area contributed by atoms with Crippen molar-refractivity contribution >= 4 is 64.1 Å². The molecule has 0 heterocycles. The number of benzene rings is 2. The number of nitrogens with zero attached hydrogens (tertiary/aromatic N) is 3. The lowest BCUT2D eigenvalue weighted by molar-refractivity contribution is -0.141. The first-order chi connectivity index (χ1) is 18.5. The van der Waals surface area contributed by atoms with Gasteiger partial charge in [-0.05, 0) is 81.8 Å². The predicted molar refractivity (Wildman–Crippen MR) is 159 cm³/mol. The van der Waals surface area contributed by atoms with Crippen LogP contribution in [0.1, 0.15) is 17.5 Å². The Bertz CT molecular complexity index is 1130. The van der Waals surface area contributed by atoms with Crippen LogP contribution in [0.15, 0.2) is 36.4 Å². The molecule has 39 heavy (non-hydrogen) atoms. The monoisotopic (exact) mass is 617 g/mol. The Hall–Kier alpha value is -2.07. The molecule has 0 aliphatic heterocycles. The van der Waals surface area contributed by atoms with Crippen molar-refractivity contribution in [2.45, 2.75) is 19.3 Å². The first kappa shape index (κ1) is 33.1. The maximum absolute atomic E-state index is 13.3. The van der Waals surface area contributed by atoms with Crippen LogP contribution in [0.4, 0.5) is 0 Å². The summed E-state index contributed by atoms with van der Waals surface area (Å²) in [5.41, 5.74) is 7.00. The third-order valence-corrected chi connectivity index (χ3v) is 7.12. The van der Waals surface area contributed by atoms with Gasteiger partial charge in [0.2, 0.25) is 17.7 Å². The minimum Gasteiger partial charge on any atom is -0.368 e. The fourth-order valence-corrected chi connectivity index (χ4v) is 4.83. The summed E-state index contributed by atoms with van der Waals surface area (Å²) in [4.78, 5) is 43.1. The van der Waals surface area contributed by atoms with Crippen molar-refractivity contribution in [3.63, 3.8) is 0 Å². The highest BCUT2D eigenvalue weighted by molar-refractivity contribution is 6.35. The molecule has 0 fully saturated rings. The summed E-state index contributed by atoms with van der Waals surface area (Å²) >= 11 is 24.6. The summed E-state index contributed by atoms with van der Waals surface area (Å²) < 4.78 is 0. The van der Waals surface area contributed by atoms with Crippen molar-refractivity contribution in [3.8, 4) is 0 Å². The normalized spacial score (nSPS) is 11.1. The molecule has 12 heteroatoms. The summed E-state index contributed by atoms with van der Waals surface area (Å²) in [5, 5.41) is 5.10. The zero-order chi connectivity index (χ0) is 28.9. The van der Waals surface area contributed by atoms with E-state index in [1.165, 1.54) is 9.80 Å². The van der Waals surface area contributed by atoms with Crippen LogP contribution >= 0.6 is 46.4 Å². The van der Waals surface area contributed by atoms with Crippen LogP contribution in [0.25, 0.3) is 0 Å². The number of halogens is 4. The Labute approximate surface area is 250 Å². The number of primary amides is 1. The van der Waals surface area contributed by atoms with E-state index in [1.54, 1.807) is 36.4 Å². The molecule has 0 aliphatic carbocycles. The van der Waals surface area contributed by atoms with Crippen LogP contribution in [0.2, 0.25) is 20.1 Å². The third-order valence-electron chi connectivity index (χ3n) is 5.95. The summed E-state index contributed by atoms with van der Waals surface area (Å²) in [5.74, 6) is -1.29. The number of rotatable bonds is 16. The molecule has 214 valence electrons. The van der Waals surface area contributed by atoms with E-state index in [1.807, 2.05) is 14.1 Å². The van der Waals surface area contributed by atoms with Gasteiger partial charge in [0.1, 0.15) is 0 Å². The van der Waals surface area contributed by atoms with Gasteiger partial charge in [-0.3, -0.25) is 14.4 Å². The Kier molecular flexibility index (Phi) is 14.4. The molecule has 0 atom stereocenters. The van der Waals surface area contributed by atoms with E-state index < -0.39 is 11.8 Å². The molecule has 0 saturated heterocycles. The number of carbonyl (C=O) groups is 3. The lowest BCUT2D eigenvalue weighted by Crippen LogP contribution is -2.48. The molecule has 0 radical (unpaired) electrons. The molecule has 3 amide bonds. The molecule has 0 aromatic heterocycles. The van der Waals surface area contributed by atoms with Crippen molar-refractivity contribution in [1.29, 1.82) is 0 Å². The van der Waals surface area contributed by atoms with Gasteiger partial charge in [0, 0.05) is 33.2 Å². The van der Waals surface area contributed by atoms with E-state index in [0.29, 0.717) is 39.5 Å². The molecule has 0 bridgehead atoms. The van der Waals surface area contributed by atoms with Crippen LogP contribution in [-0.4, -0.2) is 92.3 Å². The molecule has 0 spiro atoms. The van der Waals surface area contributed by atoms with Crippen molar-refractivity contribution in [2.75, 3.05) is 59.9 Å². The minimum atomic E-state index is -0.654. The summed E-state index contributed by atoms with van der Waals surface area (Å²) in [6.07, 6.45) is 1.68. The average Bonchev–Trinajstić information content (AvgIpc) is 2.85. The van der Waals surface area contributed by atoms with Gasteiger partial charge < -0.3 is 25.8 Å². The van der Waals surface area contributed by atoms with Gasteiger partial charge >= 0.3 is 0 Å². The largest absolute Gasteiger partial charge is 0.368 e. The number of nitrogens with two attached hydrogens (primary N) is 1. The molecule has 0 aliphatic rings. The molecular weight excluding hydrogens is 584 g/mol. The molecule has 8 nitrogen and oxygen atoms in total. The van der Waals surface area contributed by atoms with E-state index in [4.69, 9.17) is 52.1 Å². The van der Waals surface area contributed by atoms with Gasteiger partial charge in [0.05, 0.1) is 19.6 Å². The molecule has 0 unspecified atom stereocenters. The minimum absolute atomic E-state index is 0.0747. The Morgan fingerprint density at radius 3 is 1.74 bits per heavy atom. The SMILES string of the molecule is CN(C)CCCNCC(=O)N(CCc1ccc(Cl)cc1Cl)CC(=O)N(CCc1ccc(Cl)cc1Cl)CC(N)=O. The number of hydrogen-bond donors (Lipinski definition) is 2. The van der Waals surface area contributed by atoms with Crippen molar-refractivity contribution < 1.29 is 14.4 Å². The van der Waals surface area contributed by atoms with Gasteiger partial charge in [-0.25, -0.2) is 0 Å². The Morgan fingerprint density at radius 1 is 0.769 bits per heavy atom. The first-order valence-electron chi connectivity index (χ1n) is 12.5. The van der Waals surface area contributed by atoms with Gasteiger partial charge in [-0.1, -0.05) is 58.5 Å². The van der Waals surface area contributed by atoms with Crippen LogP contribution < -0.4 is 11.1 Å². The molecule has 2 rings (SSSR count). The third kappa shape index (κ3) is 12.3. The number of carbonyl (C=O) groups excluding carboxylic acids is 3. The second-order valence-corrected chi connectivity index (χ2v) is 11.1.